The Labute approximate surface area is 194 Å². The molecule has 0 aliphatic carbocycles. The molecule has 172 valence electrons. The average Bonchev–Trinajstić information content (AvgIpc) is 3.20. The first-order valence-electron chi connectivity index (χ1n) is 10.5. The molecule has 0 saturated carbocycles. The first-order valence-corrected chi connectivity index (χ1v) is 10.5. The van der Waals surface area contributed by atoms with E-state index in [2.05, 4.69) is 10.3 Å². The number of nitriles is 1. The number of hydrogen-bond acceptors (Lipinski definition) is 8. The minimum absolute atomic E-state index is 0.102. The molecule has 1 N–H and O–H groups in total. The van der Waals surface area contributed by atoms with Gasteiger partial charge in [-0.15, -0.1) is 0 Å². The number of fused-ring (bicyclic) bond motifs is 1. The second-order valence-electron chi connectivity index (χ2n) is 7.37. The Morgan fingerprint density at radius 3 is 2.74 bits per heavy atom. The van der Waals surface area contributed by atoms with Gasteiger partial charge in [-0.2, -0.15) is 5.26 Å². The summed E-state index contributed by atoms with van der Waals surface area (Å²) in [7, 11) is 1.57. The lowest BCUT2D eigenvalue weighted by Gasteiger charge is -2.08. The van der Waals surface area contributed by atoms with Crippen molar-refractivity contribution in [2.45, 2.75) is 13.3 Å². The number of benzene rings is 1. The van der Waals surface area contributed by atoms with E-state index in [-0.39, 0.29) is 36.7 Å². The second-order valence-corrected chi connectivity index (χ2v) is 7.37. The van der Waals surface area contributed by atoms with Crippen molar-refractivity contribution in [3.05, 3.63) is 76.0 Å². The zero-order chi connectivity index (χ0) is 24.1. The normalized spacial score (nSPS) is 10.6. The minimum Gasteiger partial charge on any atom is -0.497 e. The molecule has 9 heteroatoms. The van der Waals surface area contributed by atoms with Gasteiger partial charge < -0.3 is 23.6 Å². The van der Waals surface area contributed by atoms with Crippen LogP contribution in [-0.2, 0) is 11.2 Å². The molecular weight excluding hydrogens is 438 g/mol. The summed E-state index contributed by atoms with van der Waals surface area (Å²) >= 11 is 0. The number of ether oxygens (including phenoxy) is 2. The molecule has 0 fully saturated rings. The molecule has 3 aromatic heterocycles. The number of pyridine rings is 1. The van der Waals surface area contributed by atoms with E-state index in [0.717, 1.165) is 0 Å². The SMILES string of the molecule is COc1ccc(-c2oc3cc(C)oc(=O)c3c2CC(=O)NCCOc2ncccc2C#N)cc1. The van der Waals surface area contributed by atoms with Gasteiger partial charge in [0.15, 0.2) is 0 Å². The summed E-state index contributed by atoms with van der Waals surface area (Å²) in [5.74, 6) is 1.36. The fourth-order valence-electron chi connectivity index (χ4n) is 3.52. The van der Waals surface area contributed by atoms with Gasteiger partial charge in [-0.25, -0.2) is 9.78 Å². The number of hydrogen-bond donors (Lipinski definition) is 1. The van der Waals surface area contributed by atoms with Crippen LogP contribution in [0.3, 0.4) is 0 Å². The summed E-state index contributed by atoms with van der Waals surface area (Å²) in [6.07, 6.45) is 1.42. The molecule has 9 nitrogen and oxygen atoms in total. The highest BCUT2D eigenvalue weighted by Crippen LogP contribution is 2.33. The topological polar surface area (TPSA) is 128 Å². The van der Waals surface area contributed by atoms with Crippen molar-refractivity contribution in [3.8, 4) is 29.0 Å². The maximum absolute atomic E-state index is 12.7. The number of aryl methyl sites for hydroxylation is 1. The summed E-state index contributed by atoms with van der Waals surface area (Å²) in [6, 6.07) is 14.0. The van der Waals surface area contributed by atoms with E-state index >= 15 is 0 Å². The third-order valence-electron chi connectivity index (χ3n) is 5.07. The Kier molecular flexibility index (Phi) is 6.59. The number of methoxy groups -OCH3 is 1. The maximum Gasteiger partial charge on any atom is 0.347 e. The summed E-state index contributed by atoms with van der Waals surface area (Å²) in [5.41, 5.74) is 1.22. The van der Waals surface area contributed by atoms with Crippen molar-refractivity contribution in [3.63, 3.8) is 0 Å². The van der Waals surface area contributed by atoms with Crippen molar-refractivity contribution in [2.75, 3.05) is 20.3 Å². The molecule has 0 unspecified atom stereocenters. The third kappa shape index (κ3) is 4.76. The standard InChI is InChI=1S/C25H21N3O6/c1-15-12-20-22(25(30)33-15)19(23(34-20)16-5-7-18(31-2)8-6-16)13-21(29)27-10-11-32-24-17(14-26)4-3-9-28-24/h3-9,12H,10-11,13H2,1-2H3,(H,27,29). The van der Waals surface area contributed by atoms with Gasteiger partial charge in [0.25, 0.3) is 0 Å². The Hall–Kier alpha value is -4.58. The lowest BCUT2D eigenvalue weighted by atomic mass is 10.0. The van der Waals surface area contributed by atoms with E-state index < -0.39 is 5.63 Å². The van der Waals surface area contributed by atoms with E-state index in [1.165, 1.54) is 6.20 Å². The van der Waals surface area contributed by atoms with Crippen molar-refractivity contribution in [2.24, 2.45) is 0 Å². The molecule has 34 heavy (non-hydrogen) atoms. The van der Waals surface area contributed by atoms with Gasteiger partial charge in [0, 0.05) is 23.4 Å². The van der Waals surface area contributed by atoms with E-state index in [1.54, 1.807) is 56.5 Å². The zero-order valence-corrected chi connectivity index (χ0v) is 18.6. The van der Waals surface area contributed by atoms with Crippen LogP contribution < -0.4 is 20.4 Å². The molecule has 0 atom stereocenters. The Balaban J connectivity index is 1.53. The van der Waals surface area contributed by atoms with Crippen LogP contribution in [-0.4, -0.2) is 31.2 Å². The van der Waals surface area contributed by atoms with Crippen LogP contribution >= 0.6 is 0 Å². The highest BCUT2D eigenvalue weighted by molar-refractivity contribution is 5.92. The largest absolute Gasteiger partial charge is 0.497 e. The summed E-state index contributed by atoms with van der Waals surface area (Å²) in [4.78, 5) is 29.3. The van der Waals surface area contributed by atoms with Gasteiger partial charge >= 0.3 is 5.63 Å². The number of carbonyl (C=O) groups excluding carboxylic acids is 1. The number of aromatic nitrogens is 1. The van der Waals surface area contributed by atoms with Gasteiger partial charge in [-0.05, 0) is 43.3 Å². The van der Waals surface area contributed by atoms with Crippen molar-refractivity contribution in [1.82, 2.24) is 10.3 Å². The fourth-order valence-corrected chi connectivity index (χ4v) is 3.52. The third-order valence-corrected chi connectivity index (χ3v) is 5.07. The number of nitrogens with one attached hydrogen (secondary N) is 1. The second kappa shape index (κ2) is 9.92. The molecule has 3 heterocycles. The Morgan fingerprint density at radius 2 is 2.00 bits per heavy atom. The van der Waals surface area contributed by atoms with Crippen molar-refractivity contribution >= 4 is 16.9 Å². The van der Waals surface area contributed by atoms with Crippen LogP contribution in [0.1, 0.15) is 16.9 Å². The van der Waals surface area contributed by atoms with E-state index in [9.17, 15) is 9.59 Å². The van der Waals surface area contributed by atoms with Gasteiger partial charge in [-0.3, -0.25) is 4.79 Å². The summed E-state index contributed by atoms with van der Waals surface area (Å²) in [6.45, 7) is 1.96. The number of rotatable bonds is 8. The number of carbonyl (C=O) groups is 1. The highest BCUT2D eigenvalue weighted by Gasteiger charge is 2.22. The summed E-state index contributed by atoms with van der Waals surface area (Å²) in [5, 5.41) is 12.1. The maximum atomic E-state index is 12.7. The zero-order valence-electron chi connectivity index (χ0n) is 18.6. The molecule has 4 aromatic rings. The molecular formula is C25H21N3O6. The van der Waals surface area contributed by atoms with Crippen LogP contribution in [0.2, 0.25) is 0 Å². The first-order chi connectivity index (χ1) is 16.5. The molecule has 0 aliphatic rings. The highest BCUT2D eigenvalue weighted by atomic mass is 16.5. The van der Waals surface area contributed by atoms with Crippen LogP contribution in [0.4, 0.5) is 0 Å². The van der Waals surface area contributed by atoms with Crippen LogP contribution in [0.25, 0.3) is 22.3 Å². The van der Waals surface area contributed by atoms with Gasteiger partial charge in [0.2, 0.25) is 11.8 Å². The van der Waals surface area contributed by atoms with Gasteiger partial charge in [0.1, 0.15) is 46.5 Å². The average molecular weight is 459 g/mol. The van der Waals surface area contributed by atoms with Gasteiger partial charge in [0.05, 0.1) is 20.1 Å². The molecule has 0 radical (unpaired) electrons. The molecule has 4 rings (SSSR count). The molecule has 0 saturated heterocycles. The lowest BCUT2D eigenvalue weighted by Crippen LogP contribution is -2.29. The Morgan fingerprint density at radius 1 is 1.21 bits per heavy atom. The molecule has 0 spiro atoms. The number of nitrogens with zero attached hydrogens (tertiary/aromatic N) is 2. The molecule has 0 aliphatic heterocycles. The van der Waals surface area contributed by atoms with E-state index in [4.69, 9.17) is 23.6 Å². The van der Waals surface area contributed by atoms with Crippen molar-refractivity contribution < 1.29 is 23.1 Å². The molecule has 1 aromatic carbocycles. The van der Waals surface area contributed by atoms with Crippen LogP contribution in [0.15, 0.2) is 62.3 Å². The quantitative estimate of drug-likeness (QED) is 0.397. The summed E-state index contributed by atoms with van der Waals surface area (Å²) < 4.78 is 21.9. The van der Waals surface area contributed by atoms with Gasteiger partial charge in [-0.1, -0.05) is 0 Å². The molecule has 1 amide bonds. The van der Waals surface area contributed by atoms with Crippen LogP contribution in [0, 0.1) is 18.3 Å². The Bertz CT molecular complexity index is 1430. The van der Waals surface area contributed by atoms with E-state index in [1.807, 2.05) is 6.07 Å². The fraction of sp³-hybridized carbons (Fsp3) is 0.200. The van der Waals surface area contributed by atoms with E-state index in [0.29, 0.717) is 39.5 Å². The van der Waals surface area contributed by atoms with Crippen molar-refractivity contribution in [1.29, 1.82) is 5.26 Å². The lowest BCUT2D eigenvalue weighted by molar-refractivity contribution is -0.120. The number of amides is 1. The smallest absolute Gasteiger partial charge is 0.347 e. The number of furan rings is 1. The van der Waals surface area contributed by atoms with Crippen LogP contribution in [0.5, 0.6) is 11.6 Å². The monoisotopic (exact) mass is 459 g/mol. The molecule has 0 bridgehead atoms. The first kappa shape index (κ1) is 22.6. The predicted molar refractivity (Wildman–Crippen MR) is 123 cm³/mol. The predicted octanol–water partition coefficient (Wildman–Crippen LogP) is 3.37. The minimum atomic E-state index is -0.566.